The minimum atomic E-state index is -1.35. The Morgan fingerprint density at radius 3 is 2.66 bits per heavy atom. The summed E-state index contributed by atoms with van der Waals surface area (Å²) in [5.41, 5.74) is -0.0125. The average molecular weight is 432 g/mol. The molecule has 1 aliphatic rings. The molecular weight excluding hydrogens is 419 g/mol. The van der Waals surface area contributed by atoms with Gasteiger partial charge in [-0.2, -0.15) is 0 Å². The van der Waals surface area contributed by atoms with Crippen molar-refractivity contribution in [1.82, 2.24) is 4.90 Å². The van der Waals surface area contributed by atoms with Gasteiger partial charge in [0.25, 0.3) is 5.91 Å². The van der Waals surface area contributed by atoms with Crippen molar-refractivity contribution in [2.24, 2.45) is 0 Å². The van der Waals surface area contributed by atoms with Gasteiger partial charge < -0.3 is 15.5 Å². The first-order valence-electron chi connectivity index (χ1n) is 8.12. The highest BCUT2D eigenvalue weighted by Gasteiger charge is 2.33. The number of nitrogens with zero attached hydrogens (tertiary/aromatic N) is 1. The summed E-state index contributed by atoms with van der Waals surface area (Å²) in [4.78, 5) is 37.1. The van der Waals surface area contributed by atoms with E-state index in [4.69, 9.17) is 17.3 Å². The van der Waals surface area contributed by atoms with Gasteiger partial charge in [0.05, 0.1) is 4.91 Å². The van der Waals surface area contributed by atoms with Crippen LogP contribution in [0.25, 0.3) is 6.08 Å². The molecule has 2 aromatic carbocycles. The van der Waals surface area contributed by atoms with Crippen molar-refractivity contribution in [3.8, 4) is 5.75 Å². The van der Waals surface area contributed by atoms with Crippen LogP contribution in [0.15, 0.2) is 47.4 Å². The Morgan fingerprint density at radius 1 is 1.24 bits per heavy atom. The number of aromatic carboxylic acids is 1. The van der Waals surface area contributed by atoms with Gasteiger partial charge in [-0.25, -0.2) is 9.18 Å². The summed E-state index contributed by atoms with van der Waals surface area (Å²) < 4.78 is 13.9. The molecule has 1 fully saturated rings. The molecule has 3 rings (SSSR count). The zero-order valence-electron chi connectivity index (χ0n) is 14.6. The van der Waals surface area contributed by atoms with E-state index < -0.39 is 35.9 Å². The van der Waals surface area contributed by atoms with E-state index in [1.165, 1.54) is 30.3 Å². The Hall–Kier alpha value is -3.24. The Kier molecular flexibility index (Phi) is 5.95. The summed E-state index contributed by atoms with van der Waals surface area (Å²) in [5, 5.41) is 21.0. The second kappa shape index (κ2) is 8.41. The molecule has 29 heavy (non-hydrogen) atoms. The zero-order chi connectivity index (χ0) is 21.1. The molecule has 0 saturated carbocycles. The number of amides is 2. The molecule has 1 aliphatic heterocycles. The molecule has 7 nitrogen and oxygen atoms in total. The van der Waals surface area contributed by atoms with E-state index >= 15 is 0 Å². The second-order valence-corrected chi connectivity index (χ2v) is 7.55. The minimum Gasteiger partial charge on any atom is -0.507 e. The van der Waals surface area contributed by atoms with Gasteiger partial charge in [-0.05, 0) is 30.3 Å². The molecule has 0 unspecified atom stereocenters. The number of halogens is 1. The third kappa shape index (κ3) is 4.61. The van der Waals surface area contributed by atoms with E-state index in [1.54, 1.807) is 6.07 Å². The molecule has 2 aromatic rings. The van der Waals surface area contributed by atoms with Crippen LogP contribution < -0.4 is 5.32 Å². The van der Waals surface area contributed by atoms with Crippen LogP contribution >= 0.6 is 24.0 Å². The lowest BCUT2D eigenvalue weighted by Crippen LogP contribution is -2.36. The number of hydrogen-bond donors (Lipinski definition) is 3. The number of phenols is 1. The van der Waals surface area contributed by atoms with Gasteiger partial charge in [0.2, 0.25) is 5.91 Å². The van der Waals surface area contributed by atoms with Crippen molar-refractivity contribution >= 4 is 57.8 Å². The van der Waals surface area contributed by atoms with E-state index in [0.717, 1.165) is 28.8 Å². The number of carboxylic acids is 1. The molecule has 2 amide bonds. The van der Waals surface area contributed by atoms with Crippen molar-refractivity contribution in [3.63, 3.8) is 0 Å². The van der Waals surface area contributed by atoms with E-state index in [2.05, 4.69) is 5.32 Å². The van der Waals surface area contributed by atoms with Crippen LogP contribution in [0.5, 0.6) is 5.75 Å². The average Bonchev–Trinajstić information content (AvgIpc) is 2.92. The number of hydrogen-bond acceptors (Lipinski definition) is 6. The van der Waals surface area contributed by atoms with E-state index in [9.17, 15) is 23.9 Å². The lowest BCUT2D eigenvalue weighted by Gasteiger charge is -2.14. The summed E-state index contributed by atoms with van der Waals surface area (Å²) in [7, 11) is 0. The van der Waals surface area contributed by atoms with Crippen LogP contribution in [0.4, 0.5) is 10.1 Å². The van der Waals surface area contributed by atoms with Crippen molar-refractivity contribution < 1.29 is 29.0 Å². The summed E-state index contributed by atoms with van der Waals surface area (Å²) in [6.45, 7) is -0.400. The number of benzene rings is 2. The Labute approximate surface area is 173 Å². The van der Waals surface area contributed by atoms with Crippen LogP contribution in [0, 0.1) is 5.82 Å². The van der Waals surface area contributed by atoms with Gasteiger partial charge in [0.1, 0.15) is 28.0 Å². The number of nitrogens with one attached hydrogen (secondary N) is 1. The maximum Gasteiger partial charge on any atom is 0.339 e. The van der Waals surface area contributed by atoms with Gasteiger partial charge in [-0.1, -0.05) is 42.2 Å². The maximum atomic E-state index is 13.8. The molecule has 0 atom stereocenters. The molecule has 10 heteroatoms. The van der Waals surface area contributed by atoms with Gasteiger partial charge in [-0.3, -0.25) is 14.5 Å². The normalized spacial score (nSPS) is 15.1. The molecule has 1 heterocycles. The largest absolute Gasteiger partial charge is 0.507 e. The second-order valence-electron chi connectivity index (χ2n) is 5.87. The molecule has 3 N–H and O–H groups in total. The molecule has 0 radical (unpaired) electrons. The smallest absolute Gasteiger partial charge is 0.339 e. The topological polar surface area (TPSA) is 107 Å². The summed E-state index contributed by atoms with van der Waals surface area (Å²) in [6, 6.07) is 9.49. The molecule has 148 valence electrons. The Bertz CT molecular complexity index is 1070. The molecule has 0 spiro atoms. The highest BCUT2D eigenvalue weighted by atomic mass is 32.2. The molecule has 1 saturated heterocycles. The number of rotatable bonds is 5. The van der Waals surface area contributed by atoms with Crippen LogP contribution in [0.2, 0.25) is 0 Å². The van der Waals surface area contributed by atoms with Crippen LogP contribution in [-0.4, -0.2) is 43.8 Å². The van der Waals surface area contributed by atoms with Crippen molar-refractivity contribution in [3.05, 3.63) is 64.3 Å². The van der Waals surface area contributed by atoms with Crippen LogP contribution in [0.3, 0.4) is 0 Å². The Morgan fingerprint density at radius 2 is 1.97 bits per heavy atom. The highest BCUT2D eigenvalue weighted by Crippen LogP contribution is 2.32. The number of carboxylic acid groups (broad SMARTS) is 1. The van der Waals surface area contributed by atoms with Crippen molar-refractivity contribution in [1.29, 1.82) is 0 Å². The lowest BCUT2D eigenvalue weighted by molar-refractivity contribution is -0.126. The first kappa shape index (κ1) is 20.5. The van der Waals surface area contributed by atoms with E-state index in [0.29, 0.717) is 0 Å². The highest BCUT2D eigenvalue weighted by molar-refractivity contribution is 8.26. The summed E-state index contributed by atoms with van der Waals surface area (Å²) >= 11 is 6.09. The molecule has 0 bridgehead atoms. The SMILES string of the molecule is O=C(CN1C(=O)/C(=C/c2ccccc2F)SC1=S)Nc1ccc(O)c(C(=O)O)c1. The third-order valence-electron chi connectivity index (χ3n) is 3.88. The predicted molar refractivity (Wildman–Crippen MR) is 110 cm³/mol. The predicted octanol–water partition coefficient (Wildman–Crippen LogP) is 3.07. The number of thiocarbonyl (C=S) groups is 1. The first-order chi connectivity index (χ1) is 13.8. The third-order valence-corrected chi connectivity index (χ3v) is 5.26. The fourth-order valence-electron chi connectivity index (χ4n) is 2.50. The maximum absolute atomic E-state index is 13.8. The quantitative estimate of drug-likeness (QED) is 0.379. The van der Waals surface area contributed by atoms with Crippen molar-refractivity contribution in [2.45, 2.75) is 0 Å². The van der Waals surface area contributed by atoms with Crippen LogP contribution in [-0.2, 0) is 9.59 Å². The molecule has 0 aliphatic carbocycles. The first-order valence-corrected chi connectivity index (χ1v) is 9.35. The van der Waals surface area contributed by atoms with E-state index in [1.807, 2.05) is 0 Å². The monoisotopic (exact) mass is 432 g/mol. The number of thioether (sulfide) groups is 1. The number of aromatic hydroxyl groups is 1. The standard InChI is InChI=1S/C19H13FN2O5S2/c20-13-4-2-1-3-10(13)7-15-17(25)22(19(28)29-15)9-16(24)21-11-5-6-14(23)12(8-11)18(26)27/h1-8,23H,9H2,(H,21,24)(H,26,27)/b15-7-. The van der Waals surface area contributed by atoms with Gasteiger partial charge in [0, 0.05) is 11.3 Å². The summed E-state index contributed by atoms with van der Waals surface area (Å²) in [5.74, 6) is -3.43. The minimum absolute atomic E-state index is 0.137. The number of anilines is 1. The molecular formula is C19H13FN2O5S2. The number of carbonyl (C=O) groups excluding carboxylic acids is 2. The lowest BCUT2D eigenvalue weighted by atomic mass is 10.2. The fourth-order valence-corrected chi connectivity index (χ4v) is 3.74. The zero-order valence-corrected chi connectivity index (χ0v) is 16.2. The molecule has 0 aromatic heterocycles. The van der Waals surface area contributed by atoms with Gasteiger partial charge in [0.15, 0.2) is 0 Å². The van der Waals surface area contributed by atoms with Crippen LogP contribution in [0.1, 0.15) is 15.9 Å². The number of carbonyl (C=O) groups is 3. The van der Waals surface area contributed by atoms with Gasteiger partial charge in [-0.15, -0.1) is 0 Å². The fraction of sp³-hybridized carbons (Fsp3) is 0.0526. The van der Waals surface area contributed by atoms with E-state index in [-0.39, 0.29) is 26.0 Å². The van der Waals surface area contributed by atoms with Gasteiger partial charge >= 0.3 is 5.97 Å². The summed E-state index contributed by atoms with van der Waals surface area (Å²) in [6.07, 6.45) is 1.37. The van der Waals surface area contributed by atoms with Crippen molar-refractivity contribution in [2.75, 3.05) is 11.9 Å². The Balaban J connectivity index is 1.72.